The number of nitrogens with zero attached hydrogens (tertiary/aromatic N) is 2. The number of hydrogen-bond donors (Lipinski definition) is 2. The molecule has 1 aromatic rings. The lowest BCUT2D eigenvalue weighted by atomic mass is 10.1. The number of ether oxygens (including phenoxy) is 3. The number of hydrogen-bond acceptors (Lipinski definition) is 5. The van der Waals surface area contributed by atoms with Gasteiger partial charge in [-0.3, -0.25) is 4.90 Å². The van der Waals surface area contributed by atoms with Gasteiger partial charge in [-0.2, -0.15) is 0 Å². The molecule has 0 aliphatic carbocycles. The first kappa shape index (κ1) is 25.4. The number of guanidine groups is 1. The summed E-state index contributed by atoms with van der Waals surface area (Å²) < 4.78 is 16.8. The highest BCUT2D eigenvalue weighted by Crippen LogP contribution is 2.15. The molecule has 2 rings (SSSR count). The molecule has 0 bridgehead atoms. The van der Waals surface area contributed by atoms with Gasteiger partial charge >= 0.3 is 0 Å². The van der Waals surface area contributed by atoms with Crippen molar-refractivity contribution in [2.24, 2.45) is 4.99 Å². The summed E-state index contributed by atoms with van der Waals surface area (Å²) in [5.74, 6) is 1.75. The average Bonchev–Trinajstić information content (AvgIpc) is 2.80. The van der Waals surface area contributed by atoms with Crippen molar-refractivity contribution in [1.29, 1.82) is 0 Å². The Kier molecular flexibility index (Phi) is 13.0. The van der Waals surface area contributed by atoms with Crippen molar-refractivity contribution in [1.82, 2.24) is 15.5 Å². The molecule has 1 aliphatic heterocycles. The minimum absolute atomic E-state index is 0.606. The molecule has 7 nitrogen and oxygen atoms in total. The molecule has 0 saturated carbocycles. The van der Waals surface area contributed by atoms with Crippen molar-refractivity contribution in [3.63, 3.8) is 0 Å². The Bertz CT molecular complexity index is 621. The van der Waals surface area contributed by atoms with Crippen molar-refractivity contribution in [3.8, 4) is 5.75 Å². The number of rotatable bonds is 14. The smallest absolute Gasteiger partial charge is 0.191 e. The monoisotopic (exact) mass is 434 g/mol. The Hall–Kier alpha value is -1.83. The van der Waals surface area contributed by atoms with Gasteiger partial charge in [0.05, 0.1) is 6.54 Å². The maximum absolute atomic E-state index is 6.01. The molecule has 31 heavy (non-hydrogen) atoms. The molecule has 2 N–H and O–H groups in total. The normalized spacial score (nSPS) is 15.3. The van der Waals surface area contributed by atoms with E-state index in [4.69, 9.17) is 19.2 Å². The van der Waals surface area contributed by atoms with E-state index in [1.807, 2.05) is 19.1 Å². The maximum atomic E-state index is 6.01. The Morgan fingerprint density at radius 3 is 2.77 bits per heavy atom. The largest absolute Gasteiger partial charge is 0.492 e. The Labute approximate surface area is 188 Å². The minimum atomic E-state index is 0.606. The van der Waals surface area contributed by atoms with Crippen molar-refractivity contribution in [2.75, 3.05) is 59.7 Å². The molecule has 0 spiro atoms. The summed E-state index contributed by atoms with van der Waals surface area (Å²) in [6.45, 7) is 11.4. The third kappa shape index (κ3) is 10.8. The van der Waals surface area contributed by atoms with Crippen molar-refractivity contribution in [2.45, 2.75) is 52.1 Å². The lowest BCUT2D eigenvalue weighted by Crippen LogP contribution is -2.38. The van der Waals surface area contributed by atoms with Crippen LogP contribution in [0.5, 0.6) is 5.75 Å². The van der Waals surface area contributed by atoms with E-state index in [0.717, 1.165) is 89.0 Å². The van der Waals surface area contributed by atoms with Gasteiger partial charge in [0.1, 0.15) is 12.4 Å². The van der Waals surface area contributed by atoms with Gasteiger partial charge in [0.2, 0.25) is 0 Å². The van der Waals surface area contributed by atoms with E-state index < -0.39 is 0 Å². The molecule has 0 aromatic heterocycles. The highest BCUT2D eigenvalue weighted by molar-refractivity contribution is 5.79. The van der Waals surface area contributed by atoms with Gasteiger partial charge in [0, 0.05) is 52.1 Å². The van der Waals surface area contributed by atoms with Crippen LogP contribution in [0.4, 0.5) is 0 Å². The van der Waals surface area contributed by atoms with Crippen LogP contribution in [0.1, 0.15) is 45.1 Å². The summed E-state index contributed by atoms with van der Waals surface area (Å²) in [5.41, 5.74) is 1.14. The second kappa shape index (κ2) is 15.9. The third-order valence-electron chi connectivity index (χ3n) is 5.40. The predicted octanol–water partition coefficient (Wildman–Crippen LogP) is 3.05. The van der Waals surface area contributed by atoms with E-state index in [2.05, 4.69) is 41.6 Å². The van der Waals surface area contributed by atoms with Crippen LogP contribution in [0.2, 0.25) is 0 Å². The molecule has 1 aromatic carbocycles. The maximum Gasteiger partial charge on any atom is 0.191 e. The van der Waals surface area contributed by atoms with Gasteiger partial charge in [-0.25, -0.2) is 4.99 Å². The predicted molar refractivity (Wildman–Crippen MR) is 127 cm³/mol. The molecule has 1 fully saturated rings. The van der Waals surface area contributed by atoms with E-state index in [9.17, 15) is 0 Å². The van der Waals surface area contributed by atoms with E-state index in [1.165, 1.54) is 0 Å². The third-order valence-corrected chi connectivity index (χ3v) is 5.40. The first-order valence-corrected chi connectivity index (χ1v) is 11.8. The van der Waals surface area contributed by atoms with E-state index in [-0.39, 0.29) is 0 Å². The molecular formula is C24H42N4O3. The molecule has 1 heterocycles. The first-order chi connectivity index (χ1) is 15.2. The standard InChI is InChI=1S/C24H42N4O3/c1-4-25-24(26-13-6-7-15-29-5-2)27-20-21-9-8-10-23(19-21)31-18-14-28(3)22-11-16-30-17-12-22/h8-10,19,22H,4-7,11-18,20H2,1-3H3,(H2,25,26,27). The summed E-state index contributed by atoms with van der Waals surface area (Å²) in [7, 11) is 2.18. The number of aliphatic imine (C=N–C) groups is 1. The van der Waals surface area contributed by atoms with E-state index in [0.29, 0.717) is 19.2 Å². The summed E-state index contributed by atoms with van der Waals surface area (Å²) in [6.07, 6.45) is 4.34. The van der Waals surface area contributed by atoms with Crippen molar-refractivity contribution < 1.29 is 14.2 Å². The second-order valence-corrected chi connectivity index (χ2v) is 7.85. The SMILES string of the molecule is CCNC(=NCc1cccc(OCCN(C)C2CCOCC2)c1)NCCCCOCC. The van der Waals surface area contributed by atoms with Crippen LogP contribution in [0.25, 0.3) is 0 Å². The molecule has 0 unspecified atom stereocenters. The van der Waals surface area contributed by atoms with Gasteiger partial charge in [0.15, 0.2) is 5.96 Å². The Balaban J connectivity index is 1.74. The zero-order valence-corrected chi connectivity index (χ0v) is 19.7. The molecule has 176 valence electrons. The quantitative estimate of drug-likeness (QED) is 0.267. The first-order valence-electron chi connectivity index (χ1n) is 11.8. The van der Waals surface area contributed by atoms with Gasteiger partial charge in [-0.05, 0) is 64.3 Å². The summed E-state index contributed by atoms with van der Waals surface area (Å²) in [5, 5.41) is 6.71. The summed E-state index contributed by atoms with van der Waals surface area (Å²) >= 11 is 0. The highest BCUT2D eigenvalue weighted by atomic mass is 16.5. The van der Waals surface area contributed by atoms with Crippen LogP contribution in [-0.2, 0) is 16.0 Å². The van der Waals surface area contributed by atoms with Gasteiger partial charge in [0.25, 0.3) is 0 Å². The number of likely N-dealkylation sites (N-methyl/N-ethyl adjacent to an activating group) is 1. The Morgan fingerprint density at radius 1 is 1.16 bits per heavy atom. The molecule has 7 heteroatoms. The topological polar surface area (TPSA) is 67.4 Å². The van der Waals surface area contributed by atoms with Crippen LogP contribution < -0.4 is 15.4 Å². The molecular weight excluding hydrogens is 392 g/mol. The number of benzene rings is 1. The lowest BCUT2D eigenvalue weighted by molar-refractivity contribution is 0.0392. The summed E-state index contributed by atoms with van der Waals surface area (Å²) in [4.78, 5) is 7.10. The second-order valence-electron chi connectivity index (χ2n) is 7.85. The van der Waals surface area contributed by atoms with Crippen molar-refractivity contribution in [3.05, 3.63) is 29.8 Å². The fraction of sp³-hybridized carbons (Fsp3) is 0.708. The van der Waals surface area contributed by atoms with Gasteiger partial charge < -0.3 is 24.8 Å². The van der Waals surface area contributed by atoms with Crippen LogP contribution in [-0.4, -0.2) is 76.6 Å². The zero-order chi connectivity index (χ0) is 22.2. The van der Waals surface area contributed by atoms with Gasteiger partial charge in [-0.1, -0.05) is 12.1 Å². The molecule has 0 atom stereocenters. The van der Waals surface area contributed by atoms with Gasteiger partial charge in [-0.15, -0.1) is 0 Å². The summed E-state index contributed by atoms with van der Waals surface area (Å²) in [6, 6.07) is 8.84. The lowest BCUT2D eigenvalue weighted by Gasteiger charge is -2.31. The number of nitrogens with one attached hydrogen (secondary N) is 2. The number of unbranched alkanes of at least 4 members (excludes halogenated alkanes) is 1. The van der Waals surface area contributed by atoms with Crippen LogP contribution in [0.15, 0.2) is 29.3 Å². The van der Waals surface area contributed by atoms with E-state index >= 15 is 0 Å². The molecule has 1 aliphatic rings. The van der Waals surface area contributed by atoms with Crippen LogP contribution in [0, 0.1) is 0 Å². The molecule has 0 radical (unpaired) electrons. The van der Waals surface area contributed by atoms with Crippen molar-refractivity contribution >= 4 is 5.96 Å². The highest BCUT2D eigenvalue weighted by Gasteiger charge is 2.17. The molecule has 1 saturated heterocycles. The Morgan fingerprint density at radius 2 is 2.00 bits per heavy atom. The fourth-order valence-corrected chi connectivity index (χ4v) is 3.54. The minimum Gasteiger partial charge on any atom is -0.492 e. The van der Waals surface area contributed by atoms with E-state index in [1.54, 1.807) is 0 Å². The van der Waals surface area contributed by atoms with Crippen LogP contribution in [0.3, 0.4) is 0 Å². The molecule has 0 amide bonds. The van der Waals surface area contributed by atoms with Crippen LogP contribution >= 0.6 is 0 Å². The zero-order valence-electron chi connectivity index (χ0n) is 19.7. The average molecular weight is 435 g/mol. The fourth-order valence-electron chi connectivity index (χ4n) is 3.54.